The minimum atomic E-state index is -1.04. The molecule has 0 radical (unpaired) electrons. The Morgan fingerprint density at radius 3 is 2.44 bits per heavy atom. The summed E-state index contributed by atoms with van der Waals surface area (Å²) in [6.45, 7) is 3.34. The predicted molar refractivity (Wildman–Crippen MR) is 61.3 cm³/mol. The summed E-state index contributed by atoms with van der Waals surface area (Å²) in [5, 5.41) is 7.64. The molecule has 1 aromatic heterocycles. The fourth-order valence-electron chi connectivity index (χ4n) is 1.57. The fourth-order valence-corrected chi connectivity index (χ4v) is 1.57. The summed E-state index contributed by atoms with van der Waals surface area (Å²) < 4.78 is 25.9. The Bertz CT molecular complexity index is 626. The maximum Gasteiger partial charge on any atom is 0.195 e. The highest BCUT2D eigenvalue weighted by molar-refractivity contribution is 6.09. The lowest BCUT2D eigenvalue weighted by molar-refractivity contribution is 0.103. The number of aromatic nitrogens is 2. The van der Waals surface area contributed by atoms with E-state index in [0.29, 0.717) is 17.0 Å². The van der Waals surface area contributed by atoms with Crippen molar-refractivity contribution in [1.82, 2.24) is 10.2 Å². The maximum absolute atomic E-state index is 13.1. The molecule has 3 nitrogen and oxygen atoms in total. The van der Waals surface area contributed by atoms with E-state index in [1.54, 1.807) is 19.9 Å². The van der Waals surface area contributed by atoms with Gasteiger partial charge in [0, 0.05) is 11.1 Å². The topological polar surface area (TPSA) is 42.9 Å². The van der Waals surface area contributed by atoms with E-state index in [-0.39, 0.29) is 5.56 Å². The summed E-state index contributed by atoms with van der Waals surface area (Å²) >= 11 is 0. The molecule has 2 rings (SSSR count). The van der Waals surface area contributed by atoms with Crippen LogP contribution < -0.4 is 0 Å². The molecule has 0 aliphatic carbocycles. The van der Waals surface area contributed by atoms with E-state index in [1.807, 2.05) is 0 Å². The minimum Gasteiger partial charge on any atom is -0.289 e. The summed E-state index contributed by atoms with van der Waals surface area (Å²) in [6, 6.07) is 4.63. The van der Waals surface area contributed by atoms with E-state index in [0.717, 1.165) is 12.1 Å². The van der Waals surface area contributed by atoms with Crippen molar-refractivity contribution in [2.45, 2.75) is 13.8 Å². The van der Waals surface area contributed by atoms with E-state index in [2.05, 4.69) is 10.2 Å². The van der Waals surface area contributed by atoms with Crippen LogP contribution in [0.2, 0.25) is 0 Å². The number of nitrogens with zero attached hydrogens (tertiary/aromatic N) is 2. The predicted octanol–water partition coefficient (Wildman–Crippen LogP) is 2.60. The number of halogens is 2. The average Bonchev–Trinajstić information content (AvgIpc) is 2.35. The van der Waals surface area contributed by atoms with Gasteiger partial charge in [0.15, 0.2) is 17.4 Å². The second kappa shape index (κ2) is 4.60. The number of carbonyl (C=O) groups excluding carboxylic acids is 1. The van der Waals surface area contributed by atoms with Gasteiger partial charge in [-0.3, -0.25) is 4.79 Å². The zero-order valence-corrected chi connectivity index (χ0v) is 9.87. The summed E-state index contributed by atoms with van der Waals surface area (Å²) in [4.78, 5) is 12.1. The molecule has 0 N–H and O–H groups in total. The molecule has 0 bridgehead atoms. The molecule has 0 atom stereocenters. The maximum atomic E-state index is 13.1. The number of hydrogen-bond donors (Lipinski definition) is 0. The summed E-state index contributed by atoms with van der Waals surface area (Å²) in [5.41, 5.74) is 1.47. The highest BCUT2D eigenvalue weighted by Gasteiger charge is 2.15. The van der Waals surface area contributed by atoms with Crippen LogP contribution >= 0.6 is 0 Å². The molecule has 0 saturated carbocycles. The molecule has 92 valence electrons. The van der Waals surface area contributed by atoms with E-state index in [9.17, 15) is 13.6 Å². The summed E-state index contributed by atoms with van der Waals surface area (Å²) in [5.74, 6) is -2.42. The van der Waals surface area contributed by atoms with E-state index in [1.165, 1.54) is 6.07 Å². The van der Waals surface area contributed by atoms with Gasteiger partial charge in [-0.25, -0.2) is 8.78 Å². The first-order valence-corrected chi connectivity index (χ1v) is 5.29. The van der Waals surface area contributed by atoms with Crippen LogP contribution in [0.4, 0.5) is 8.78 Å². The van der Waals surface area contributed by atoms with Gasteiger partial charge in [0.05, 0.1) is 11.4 Å². The summed E-state index contributed by atoms with van der Waals surface area (Å²) in [7, 11) is 0. The lowest BCUT2D eigenvalue weighted by Gasteiger charge is -2.05. The van der Waals surface area contributed by atoms with Crippen LogP contribution in [0.3, 0.4) is 0 Å². The number of carbonyl (C=O) groups is 1. The molecule has 1 heterocycles. The molecule has 0 saturated heterocycles. The van der Waals surface area contributed by atoms with Crippen LogP contribution in [0.5, 0.6) is 0 Å². The van der Waals surface area contributed by atoms with Crippen molar-refractivity contribution >= 4 is 5.78 Å². The van der Waals surface area contributed by atoms with Crippen molar-refractivity contribution in [3.05, 3.63) is 58.4 Å². The Balaban J connectivity index is 2.47. The first-order chi connectivity index (χ1) is 8.49. The molecule has 0 spiro atoms. The third-order valence-electron chi connectivity index (χ3n) is 2.53. The van der Waals surface area contributed by atoms with Gasteiger partial charge in [0.1, 0.15) is 0 Å². The Hall–Kier alpha value is -2.17. The van der Waals surface area contributed by atoms with Crippen molar-refractivity contribution in [3.8, 4) is 0 Å². The van der Waals surface area contributed by atoms with Gasteiger partial charge in [-0.15, -0.1) is 0 Å². The number of hydrogen-bond acceptors (Lipinski definition) is 3. The van der Waals surface area contributed by atoms with Gasteiger partial charge in [-0.1, -0.05) is 0 Å². The normalized spacial score (nSPS) is 10.4. The third kappa shape index (κ3) is 2.25. The van der Waals surface area contributed by atoms with E-state index < -0.39 is 17.4 Å². The van der Waals surface area contributed by atoms with Crippen LogP contribution in [0.25, 0.3) is 0 Å². The Morgan fingerprint density at radius 1 is 1.06 bits per heavy atom. The molecule has 0 fully saturated rings. The van der Waals surface area contributed by atoms with Gasteiger partial charge in [-0.05, 0) is 38.1 Å². The van der Waals surface area contributed by atoms with Gasteiger partial charge in [-0.2, -0.15) is 10.2 Å². The summed E-state index contributed by atoms with van der Waals surface area (Å²) in [6.07, 6.45) is 0. The second-order valence-electron chi connectivity index (χ2n) is 3.94. The third-order valence-corrected chi connectivity index (χ3v) is 2.53. The lowest BCUT2D eigenvalue weighted by atomic mass is 10.0. The van der Waals surface area contributed by atoms with Crippen LogP contribution in [-0.2, 0) is 0 Å². The lowest BCUT2D eigenvalue weighted by Crippen LogP contribution is -2.07. The molecule has 18 heavy (non-hydrogen) atoms. The van der Waals surface area contributed by atoms with Gasteiger partial charge in [0.25, 0.3) is 0 Å². The van der Waals surface area contributed by atoms with Gasteiger partial charge < -0.3 is 0 Å². The van der Waals surface area contributed by atoms with Crippen molar-refractivity contribution in [1.29, 1.82) is 0 Å². The van der Waals surface area contributed by atoms with Crippen LogP contribution in [-0.4, -0.2) is 16.0 Å². The monoisotopic (exact) mass is 248 g/mol. The average molecular weight is 248 g/mol. The first kappa shape index (κ1) is 12.3. The first-order valence-electron chi connectivity index (χ1n) is 5.29. The van der Waals surface area contributed by atoms with Crippen molar-refractivity contribution < 1.29 is 13.6 Å². The van der Waals surface area contributed by atoms with Crippen LogP contribution in [0, 0.1) is 25.5 Å². The number of ketones is 1. The van der Waals surface area contributed by atoms with E-state index in [4.69, 9.17) is 0 Å². The highest BCUT2D eigenvalue weighted by atomic mass is 19.2. The SMILES string of the molecule is Cc1cc(C(=O)c2ccc(F)c(F)c2)c(C)nn1. The molecular weight excluding hydrogens is 238 g/mol. The standard InChI is InChI=1S/C13H10F2N2O/c1-7-5-10(8(2)17-16-7)13(18)9-3-4-11(14)12(15)6-9/h3-6H,1-2H3. The molecule has 0 aliphatic rings. The van der Waals surface area contributed by atoms with E-state index >= 15 is 0 Å². The number of aryl methyl sites for hydroxylation is 2. The minimum absolute atomic E-state index is 0.0874. The number of benzene rings is 1. The molecule has 0 unspecified atom stereocenters. The Morgan fingerprint density at radius 2 is 1.78 bits per heavy atom. The van der Waals surface area contributed by atoms with Crippen molar-refractivity contribution in [3.63, 3.8) is 0 Å². The van der Waals surface area contributed by atoms with Crippen molar-refractivity contribution in [2.75, 3.05) is 0 Å². The molecule has 0 aliphatic heterocycles. The Labute approximate surface area is 102 Å². The molecule has 2 aromatic rings. The molecular formula is C13H10F2N2O. The highest BCUT2D eigenvalue weighted by Crippen LogP contribution is 2.15. The fraction of sp³-hybridized carbons (Fsp3) is 0.154. The quantitative estimate of drug-likeness (QED) is 0.767. The second-order valence-corrected chi connectivity index (χ2v) is 3.94. The smallest absolute Gasteiger partial charge is 0.195 e. The number of rotatable bonds is 2. The van der Waals surface area contributed by atoms with Gasteiger partial charge >= 0.3 is 0 Å². The molecule has 0 amide bonds. The zero-order valence-electron chi connectivity index (χ0n) is 9.87. The largest absolute Gasteiger partial charge is 0.289 e. The molecule has 5 heteroatoms. The van der Waals surface area contributed by atoms with Crippen LogP contribution in [0.1, 0.15) is 27.3 Å². The van der Waals surface area contributed by atoms with Gasteiger partial charge in [0.2, 0.25) is 0 Å². The zero-order chi connectivity index (χ0) is 13.3. The van der Waals surface area contributed by atoms with Crippen LogP contribution in [0.15, 0.2) is 24.3 Å². The Kier molecular flexibility index (Phi) is 3.14. The molecule has 1 aromatic carbocycles. The van der Waals surface area contributed by atoms with Crippen molar-refractivity contribution in [2.24, 2.45) is 0 Å².